The van der Waals surface area contributed by atoms with E-state index in [0.29, 0.717) is 0 Å². The van der Waals surface area contributed by atoms with Gasteiger partial charge in [0.15, 0.2) is 0 Å². The average molecular weight is 249 g/mol. The van der Waals surface area contributed by atoms with Crippen LogP contribution in [-0.2, 0) is 5.60 Å². The van der Waals surface area contributed by atoms with Gasteiger partial charge in [0.25, 0.3) is 0 Å². The molecule has 13 heavy (non-hydrogen) atoms. The summed E-state index contributed by atoms with van der Waals surface area (Å²) < 4.78 is 13.6. The van der Waals surface area contributed by atoms with Crippen LogP contribution in [0.5, 0.6) is 0 Å². The summed E-state index contributed by atoms with van der Waals surface area (Å²) in [4.78, 5) is 0. The van der Waals surface area contributed by atoms with Crippen LogP contribution in [0.4, 0.5) is 4.39 Å². The number of hydrogen-bond acceptors (Lipinski definition) is 2. The Hall–Kier alpha value is -0.450. The monoisotopic (exact) mass is 248 g/mol. The number of hydrogen-bond donors (Lipinski definition) is 2. The molecule has 2 nitrogen and oxygen atoms in total. The SMILES string of the molecule is C[C@@](O)(CO)c1cccc(Br)c1F. The normalized spacial score (nSPS) is 15.5. The standard InChI is InChI=1S/C9H10BrFO2/c1-9(13,5-12)6-3-2-4-7(10)8(6)11/h2-4,12-13H,5H2,1H3/t9-/m1/s1. The van der Waals surface area contributed by atoms with Crippen molar-refractivity contribution in [3.05, 3.63) is 34.1 Å². The van der Waals surface area contributed by atoms with Crippen LogP contribution in [0.25, 0.3) is 0 Å². The summed E-state index contributed by atoms with van der Waals surface area (Å²) in [6.45, 7) is 0.845. The molecule has 0 saturated heterocycles. The summed E-state index contributed by atoms with van der Waals surface area (Å²) in [5, 5.41) is 18.4. The zero-order valence-corrected chi connectivity index (χ0v) is 8.68. The smallest absolute Gasteiger partial charge is 0.143 e. The van der Waals surface area contributed by atoms with Crippen molar-refractivity contribution in [3.63, 3.8) is 0 Å². The van der Waals surface area contributed by atoms with Crippen LogP contribution in [0.1, 0.15) is 12.5 Å². The molecule has 0 bridgehead atoms. The minimum Gasteiger partial charge on any atom is -0.393 e. The fourth-order valence-electron chi connectivity index (χ4n) is 1.00. The molecule has 2 N–H and O–H groups in total. The molecule has 0 aromatic heterocycles. The molecular formula is C9H10BrFO2. The van der Waals surface area contributed by atoms with Crippen molar-refractivity contribution in [1.82, 2.24) is 0 Å². The maximum atomic E-state index is 13.4. The van der Waals surface area contributed by atoms with E-state index in [-0.39, 0.29) is 10.0 Å². The van der Waals surface area contributed by atoms with Crippen LogP contribution in [0.3, 0.4) is 0 Å². The van der Waals surface area contributed by atoms with E-state index < -0.39 is 18.0 Å². The Morgan fingerprint density at radius 3 is 2.69 bits per heavy atom. The van der Waals surface area contributed by atoms with Crippen molar-refractivity contribution >= 4 is 15.9 Å². The van der Waals surface area contributed by atoms with E-state index in [1.54, 1.807) is 6.07 Å². The summed E-state index contributed by atoms with van der Waals surface area (Å²) in [5.74, 6) is -0.540. The predicted octanol–water partition coefficient (Wildman–Crippen LogP) is 1.79. The second-order valence-electron chi connectivity index (χ2n) is 3.03. The van der Waals surface area contributed by atoms with Crippen LogP contribution in [0, 0.1) is 5.82 Å². The molecule has 1 aromatic carbocycles. The highest BCUT2D eigenvalue weighted by atomic mass is 79.9. The number of rotatable bonds is 2. The van der Waals surface area contributed by atoms with Gasteiger partial charge in [0.05, 0.1) is 11.1 Å². The third-order valence-corrected chi connectivity index (χ3v) is 2.45. The maximum Gasteiger partial charge on any atom is 0.143 e. The summed E-state index contributed by atoms with van der Waals surface area (Å²) >= 11 is 3.00. The highest BCUT2D eigenvalue weighted by Crippen LogP contribution is 2.27. The second-order valence-corrected chi connectivity index (χ2v) is 3.89. The van der Waals surface area contributed by atoms with E-state index in [0.717, 1.165) is 0 Å². The Labute approximate surface area is 84.1 Å². The van der Waals surface area contributed by atoms with Crippen LogP contribution < -0.4 is 0 Å². The van der Waals surface area contributed by atoms with Crippen molar-refractivity contribution in [2.45, 2.75) is 12.5 Å². The van der Waals surface area contributed by atoms with E-state index in [1.165, 1.54) is 19.1 Å². The van der Waals surface area contributed by atoms with Crippen LogP contribution in [0.2, 0.25) is 0 Å². The molecule has 72 valence electrons. The number of aliphatic hydroxyl groups is 2. The van der Waals surface area contributed by atoms with Crippen molar-refractivity contribution < 1.29 is 14.6 Å². The Morgan fingerprint density at radius 1 is 1.54 bits per heavy atom. The van der Waals surface area contributed by atoms with E-state index >= 15 is 0 Å². The summed E-state index contributed by atoms with van der Waals surface area (Å²) in [6.07, 6.45) is 0. The third kappa shape index (κ3) is 2.07. The molecule has 0 saturated carbocycles. The zero-order valence-electron chi connectivity index (χ0n) is 7.09. The second kappa shape index (κ2) is 3.74. The quantitative estimate of drug-likeness (QED) is 0.838. The average Bonchev–Trinajstić information content (AvgIpc) is 2.09. The Kier molecular flexibility index (Phi) is 3.05. The van der Waals surface area contributed by atoms with Crippen molar-refractivity contribution in [3.8, 4) is 0 Å². The Bertz CT molecular complexity index is 312. The molecule has 0 aliphatic heterocycles. The summed E-state index contributed by atoms with van der Waals surface area (Å²) in [6, 6.07) is 4.58. The van der Waals surface area contributed by atoms with Gasteiger partial charge in [-0.25, -0.2) is 4.39 Å². The molecule has 0 radical (unpaired) electrons. The summed E-state index contributed by atoms with van der Waals surface area (Å²) in [5.41, 5.74) is -1.45. The van der Waals surface area contributed by atoms with Gasteiger partial charge in [-0.2, -0.15) is 0 Å². The molecule has 0 amide bonds. The van der Waals surface area contributed by atoms with E-state index in [1.807, 2.05) is 0 Å². The van der Waals surface area contributed by atoms with Crippen LogP contribution in [0.15, 0.2) is 22.7 Å². The zero-order chi connectivity index (χ0) is 10.1. The van der Waals surface area contributed by atoms with Gasteiger partial charge in [-0.15, -0.1) is 0 Å². The number of halogens is 2. The Morgan fingerprint density at radius 2 is 2.15 bits per heavy atom. The highest BCUT2D eigenvalue weighted by molar-refractivity contribution is 9.10. The fraction of sp³-hybridized carbons (Fsp3) is 0.333. The van der Waals surface area contributed by atoms with Gasteiger partial charge in [0.1, 0.15) is 11.4 Å². The predicted molar refractivity (Wildman–Crippen MR) is 50.8 cm³/mol. The topological polar surface area (TPSA) is 40.5 Å². The lowest BCUT2D eigenvalue weighted by molar-refractivity contribution is -0.00516. The maximum absolute atomic E-state index is 13.4. The Balaban J connectivity index is 3.22. The first kappa shape index (κ1) is 10.6. The lowest BCUT2D eigenvalue weighted by Crippen LogP contribution is -2.27. The lowest BCUT2D eigenvalue weighted by Gasteiger charge is -2.21. The van der Waals surface area contributed by atoms with Gasteiger partial charge in [0.2, 0.25) is 0 Å². The first-order chi connectivity index (χ1) is 5.99. The molecule has 4 heteroatoms. The summed E-state index contributed by atoms with van der Waals surface area (Å²) in [7, 11) is 0. The van der Waals surface area contributed by atoms with Crippen molar-refractivity contribution in [2.75, 3.05) is 6.61 Å². The van der Waals surface area contributed by atoms with Gasteiger partial charge < -0.3 is 10.2 Å². The van der Waals surface area contributed by atoms with Crippen molar-refractivity contribution in [2.24, 2.45) is 0 Å². The van der Waals surface area contributed by atoms with E-state index in [4.69, 9.17) is 5.11 Å². The van der Waals surface area contributed by atoms with E-state index in [9.17, 15) is 9.50 Å². The molecular weight excluding hydrogens is 239 g/mol. The first-order valence-corrected chi connectivity index (χ1v) is 4.56. The number of aliphatic hydroxyl groups excluding tert-OH is 1. The van der Waals surface area contributed by atoms with Gasteiger partial charge in [0, 0.05) is 5.56 Å². The largest absolute Gasteiger partial charge is 0.393 e. The molecule has 0 spiro atoms. The minimum absolute atomic E-state index is 0.0874. The number of benzene rings is 1. The molecule has 1 atom stereocenters. The van der Waals surface area contributed by atoms with E-state index in [2.05, 4.69) is 15.9 Å². The van der Waals surface area contributed by atoms with Gasteiger partial charge >= 0.3 is 0 Å². The highest BCUT2D eigenvalue weighted by Gasteiger charge is 2.26. The molecule has 0 unspecified atom stereocenters. The molecule has 1 aromatic rings. The van der Waals surface area contributed by atoms with Crippen LogP contribution >= 0.6 is 15.9 Å². The molecule has 0 heterocycles. The minimum atomic E-state index is -1.53. The van der Waals surface area contributed by atoms with Crippen molar-refractivity contribution in [1.29, 1.82) is 0 Å². The van der Waals surface area contributed by atoms with Crippen LogP contribution in [-0.4, -0.2) is 16.8 Å². The fourth-order valence-corrected chi connectivity index (χ4v) is 1.37. The molecule has 0 fully saturated rings. The molecule has 0 aliphatic carbocycles. The first-order valence-electron chi connectivity index (χ1n) is 3.77. The van der Waals surface area contributed by atoms with Gasteiger partial charge in [-0.1, -0.05) is 12.1 Å². The van der Waals surface area contributed by atoms with Gasteiger partial charge in [-0.3, -0.25) is 0 Å². The van der Waals surface area contributed by atoms with Gasteiger partial charge in [-0.05, 0) is 28.9 Å². The lowest BCUT2D eigenvalue weighted by atomic mass is 9.97. The third-order valence-electron chi connectivity index (χ3n) is 1.84. The molecule has 0 aliphatic rings. The molecule has 1 rings (SSSR count).